The van der Waals surface area contributed by atoms with Crippen molar-refractivity contribution in [1.82, 2.24) is 0 Å². The van der Waals surface area contributed by atoms with Gasteiger partial charge in [-0.15, -0.1) is 0 Å². The smallest absolute Gasteiger partial charge is 0.462 e. The van der Waals surface area contributed by atoms with E-state index in [2.05, 4.69) is 26.0 Å². The summed E-state index contributed by atoms with van der Waals surface area (Å²) in [6, 6.07) is 0. The Kier molecular flexibility index (Phi) is 43.4. The molecule has 0 saturated heterocycles. The highest BCUT2D eigenvalue weighted by molar-refractivity contribution is 7.47. The number of unbranched alkanes of at least 4 members (excludes halogenated alkanes) is 23. The van der Waals surface area contributed by atoms with Crippen LogP contribution in [0.1, 0.15) is 213 Å². The number of allylic oxidation sites excluding steroid dienone is 7. The Balaban J connectivity index is 4.16. The molecule has 1 unspecified atom stereocenters. The average molecular weight is 868 g/mol. The SMILES string of the molecule is CCCCCCCCCCCCCCCCCCCCCCCC(=O)OC[C@H](COP(=O)(O)OCCN)OC(=O)CCC/C=C\C/C=C\C/C=C\C=C\[C@@H](O)CCCCC. The summed E-state index contributed by atoms with van der Waals surface area (Å²) in [7, 11) is -4.41. The van der Waals surface area contributed by atoms with E-state index in [0.29, 0.717) is 12.8 Å². The standard InChI is InChI=1S/C49H90NO9P/c1-3-5-7-8-9-10-11-12-13-14-15-16-17-18-19-20-23-26-29-32-36-40-48(52)56-44-47(45-58-60(54,55)57-43-42-50)59-49(53)41-37-33-30-27-24-21-22-25-28-31-35-39-46(51)38-34-6-4-2/h21-22,27-28,30-31,35,39,46-47,51H,3-20,23-26,29,32-34,36-38,40-45,50H2,1-2H3,(H,54,55)/b22-21-,30-27-,31-28-,39-35+/t46-,47+/m0/s1. The molecule has 0 aromatic heterocycles. The minimum absolute atomic E-state index is 0.0369. The van der Waals surface area contributed by atoms with Crippen molar-refractivity contribution in [3.63, 3.8) is 0 Å². The summed E-state index contributed by atoms with van der Waals surface area (Å²) in [6.07, 6.45) is 49.1. The molecule has 0 aromatic rings. The van der Waals surface area contributed by atoms with Gasteiger partial charge in [0.1, 0.15) is 6.61 Å². The molecule has 60 heavy (non-hydrogen) atoms. The average Bonchev–Trinajstić information content (AvgIpc) is 3.23. The van der Waals surface area contributed by atoms with Crippen molar-refractivity contribution in [2.45, 2.75) is 225 Å². The van der Waals surface area contributed by atoms with E-state index in [1.165, 1.54) is 116 Å². The highest BCUT2D eigenvalue weighted by Gasteiger charge is 2.26. The molecule has 0 amide bonds. The summed E-state index contributed by atoms with van der Waals surface area (Å²) in [6.45, 7) is 3.55. The highest BCUT2D eigenvalue weighted by atomic mass is 31.2. The molecule has 10 nitrogen and oxygen atoms in total. The second kappa shape index (κ2) is 45.0. The molecule has 0 rings (SSSR count). The van der Waals surface area contributed by atoms with Gasteiger partial charge in [0, 0.05) is 19.4 Å². The zero-order chi connectivity index (χ0) is 44.0. The van der Waals surface area contributed by atoms with Gasteiger partial charge in [0.2, 0.25) is 0 Å². The summed E-state index contributed by atoms with van der Waals surface area (Å²) >= 11 is 0. The van der Waals surface area contributed by atoms with Crippen LogP contribution in [0.2, 0.25) is 0 Å². The summed E-state index contributed by atoms with van der Waals surface area (Å²) in [5.41, 5.74) is 5.35. The largest absolute Gasteiger partial charge is 0.472 e. The van der Waals surface area contributed by atoms with E-state index in [0.717, 1.165) is 57.8 Å². The molecule has 0 fully saturated rings. The van der Waals surface area contributed by atoms with Crippen molar-refractivity contribution in [3.8, 4) is 0 Å². The number of hydrogen-bond acceptors (Lipinski definition) is 9. The Morgan fingerprint density at radius 3 is 1.62 bits per heavy atom. The molecule has 0 saturated carbocycles. The fourth-order valence-electron chi connectivity index (χ4n) is 6.68. The van der Waals surface area contributed by atoms with Crippen LogP contribution in [0.25, 0.3) is 0 Å². The molecule has 0 heterocycles. The first kappa shape index (κ1) is 57.9. The van der Waals surface area contributed by atoms with Gasteiger partial charge in [-0.3, -0.25) is 18.6 Å². The Morgan fingerprint density at radius 2 is 1.07 bits per heavy atom. The molecule has 0 aliphatic carbocycles. The number of carbonyl (C=O) groups is 2. The quantitative estimate of drug-likeness (QED) is 0.0177. The van der Waals surface area contributed by atoms with Crippen molar-refractivity contribution < 1.29 is 42.7 Å². The zero-order valence-corrected chi connectivity index (χ0v) is 39.2. The van der Waals surface area contributed by atoms with E-state index >= 15 is 0 Å². The summed E-state index contributed by atoms with van der Waals surface area (Å²) in [5, 5.41) is 9.90. The van der Waals surface area contributed by atoms with E-state index in [1.807, 2.05) is 36.5 Å². The van der Waals surface area contributed by atoms with Gasteiger partial charge >= 0.3 is 19.8 Å². The van der Waals surface area contributed by atoms with E-state index in [4.69, 9.17) is 24.3 Å². The van der Waals surface area contributed by atoms with E-state index in [-0.39, 0.29) is 38.7 Å². The van der Waals surface area contributed by atoms with Crippen molar-refractivity contribution >= 4 is 19.8 Å². The molecule has 350 valence electrons. The van der Waals surface area contributed by atoms with Gasteiger partial charge in [-0.2, -0.15) is 0 Å². The zero-order valence-electron chi connectivity index (χ0n) is 38.3. The molecule has 0 aromatic carbocycles. The van der Waals surface area contributed by atoms with Crippen molar-refractivity contribution in [1.29, 1.82) is 0 Å². The lowest BCUT2D eigenvalue weighted by Gasteiger charge is -2.19. The third-order valence-corrected chi connectivity index (χ3v) is 11.3. The number of rotatable bonds is 45. The van der Waals surface area contributed by atoms with Crippen molar-refractivity contribution in [2.24, 2.45) is 5.73 Å². The topological polar surface area (TPSA) is 155 Å². The van der Waals surface area contributed by atoms with Crippen LogP contribution in [0.4, 0.5) is 0 Å². The predicted octanol–water partition coefficient (Wildman–Crippen LogP) is 13.3. The third kappa shape index (κ3) is 44.0. The maximum Gasteiger partial charge on any atom is 0.472 e. The van der Waals surface area contributed by atoms with Crippen LogP contribution in [-0.4, -0.2) is 60.5 Å². The number of phosphoric acid groups is 1. The van der Waals surface area contributed by atoms with Crippen LogP contribution in [0.3, 0.4) is 0 Å². The number of nitrogens with two attached hydrogens (primary N) is 1. The minimum Gasteiger partial charge on any atom is -0.462 e. The molecule has 0 aliphatic rings. The normalized spacial score (nSPS) is 14.2. The second-order valence-electron chi connectivity index (χ2n) is 16.2. The van der Waals surface area contributed by atoms with Crippen LogP contribution in [0.15, 0.2) is 48.6 Å². The van der Waals surface area contributed by atoms with Gasteiger partial charge in [-0.05, 0) is 38.5 Å². The number of esters is 2. The monoisotopic (exact) mass is 868 g/mol. The lowest BCUT2D eigenvalue weighted by Crippen LogP contribution is -2.29. The first-order valence-corrected chi connectivity index (χ1v) is 25.7. The number of carbonyl (C=O) groups excluding carboxylic acids is 2. The lowest BCUT2D eigenvalue weighted by molar-refractivity contribution is -0.161. The lowest BCUT2D eigenvalue weighted by atomic mass is 10.0. The van der Waals surface area contributed by atoms with Crippen molar-refractivity contribution in [3.05, 3.63) is 48.6 Å². The second-order valence-corrected chi connectivity index (χ2v) is 17.6. The van der Waals surface area contributed by atoms with Crippen LogP contribution >= 0.6 is 7.82 Å². The Bertz CT molecular complexity index is 1140. The fourth-order valence-corrected chi connectivity index (χ4v) is 7.45. The molecule has 4 N–H and O–H groups in total. The first-order chi connectivity index (χ1) is 29.2. The van der Waals surface area contributed by atoms with Crippen LogP contribution in [0.5, 0.6) is 0 Å². The molecular weight excluding hydrogens is 778 g/mol. The first-order valence-electron chi connectivity index (χ1n) is 24.2. The van der Waals surface area contributed by atoms with Gasteiger partial charge in [0.15, 0.2) is 6.10 Å². The fraction of sp³-hybridized carbons (Fsp3) is 0.796. The van der Waals surface area contributed by atoms with E-state index in [1.54, 1.807) is 0 Å². The maximum atomic E-state index is 12.6. The van der Waals surface area contributed by atoms with Gasteiger partial charge in [0.05, 0.1) is 19.3 Å². The summed E-state index contributed by atoms with van der Waals surface area (Å²) in [5.74, 6) is -0.914. The van der Waals surface area contributed by atoms with Crippen LogP contribution in [-0.2, 0) is 32.7 Å². The molecule has 0 radical (unpaired) electrons. The van der Waals surface area contributed by atoms with Gasteiger partial charge in [0.25, 0.3) is 0 Å². The van der Waals surface area contributed by atoms with Gasteiger partial charge in [-0.25, -0.2) is 4.57 Å². The molecule has 0 aliphatic heterocycles. The highest BCUT2D eigenvalue weighted by Crippen LogP contribution is 2.43. The number of aliphatic hydroxyl groups excluding tert-OH is 1. The molecule has 11 heteroatoms. The Morgan fingerprint density at radius 1 is 0.583 bits per heavy atom. The number of ether oxygens (including phenoxy) is 2. The number of hydrogen-bond donors (Lipinski definition) is 3. The van der Waals surface area contributed by atoms with Crippen LogP contribution in [0, 0.1) is 0 Å². The number of phosphoric ester groups is 1. The van der Waals surface area contributed by atoms with E-state index in [9.17, 15) is 24.2 Å². The molecular formula is C49H90NO9P. The number of aliphatic hydroxyl groups is 1. The molecule has 3 atom stereocenters. The Hall–Kier alpha value is -2.07. The van der Waals surface area contributed by atoms with Gasteiger partial charge in [-0.1, -0.05) is 210 Å². The summed E-state index contributed by atoms with van der Waals surface area (Å²) < 4.78 is 32.8. The minimum atomic E-state index is -4.41. The van der Waals surface area contributed by atoms with Crippen molar-refractivity contribution in [2.75, 3.05) is 26.4 Å². The molecule has 0 spiro atoms. The predicted molar refractivity (Wildman–Crippen MR) is 249 cm³/mol. The van der Waals surface area contributed by atoms with E-state index < -0.39 is 32.5 Å². The van der Waals surface area contributed by atoms with Crippen LogP contribution < -0.4 is 5.73 Å². The van der Waals surface area contributed by atoms with Gasteiger partial charge < -0.3 is 25.2 Å². The maximum absolute atomic E-state index is 12.6. The third-order valence-electron chi connectivity index (χ3n) is 10.3. The Labute approximate surface area is 367 Å². The summed E-state index contributed by atoms with van der Waals surface area (Å²) in [4.78, 5) is 34.9. The molecule has 0 bridgehead atoms.